The van der Waals surface area contributed by atoms with Crippen LogP contribution in [0.25, 0.3) is 0 Å². The van der Waals surface area contributed by atoms with Crippen LogP contribution in [0.2, 0.25) is 0 Å². The highest BCUT2D eigenvalue weighted by Crippen LogP contribution is 2.28. The largest absolute Gasteiger partial charge is 0.469 e. The first-order valence-electron chi connectivity index (χ1n) is 7.48. The van der Waals surface area contributed by atoms with Gasteiger partial charge in [-0.25, -0.2) is 4.98 Å². The van der Waals surface area contributed by atoms with Crippen molar-refractivity contribution in [2.24, 2.45) is 5.92 Å². The summed E-state index contributed by atoms with van der Waals surface area (Å²) in [6, 6.07) is 0. The van der Waals surface area contributed by atoms with Gasteiger partial charge in [-0.05, 0) is 31.6 Å². The second-order valence-corrected chi connectivity index (χ2v) is 6.33. The van der Waals surface area contributed by atoms with Crippen LogP contribution in [0.3, 0.4) is 0 Å². The molecule has 6 heteroatoms. The van der Waals surface area contributed by atoms with Crippen LogP contribution in [-0.4, -0.2) is 24.0 Å². The number of ether oxygens (including phenoxy) is 1. The summed E-state index contributed by atoms with van der Waals surface area (Å²) >= 11 is 1.44. The summed E-state index contributed by atoms with van der Waals surface area (Å²) in [7, 11) is 1.39. The summed E-state index contributed by atoms with van der Waals surface area (Å²) in [4.78, 5) is 27.3. The summed E-state index contributed by atoms with van der Waals surface area (Å²) in [5.74, 6) is 0.414. The molecular weight excluding hydrogens is 288 g/mol. The maximum atomic E-state index is 11.9. The number of thiazole rings is 1. The van der Waals surface area contributed by atoms with E-state index in [1.165, 1.54) is 44.1 Å². The van der Waals surface area contributed by atoms with Gasteiger partial charge < -0.3 is 10.1 Å². The molecule has 0 aromatic carbocycles. The Morgan fingerprint density at radius 1 is 1.43 bits per heavy atom. The number of nitrogens with zero attached hydrogens (tertiary/aromatic N) is 1. The zero-order valence-corrected chi connectivity index (χ0v) is 13.2. The molecule has 0 aliphatic heterocycles. The Morgan fingerprint density at radius 2 is 2.19 bits per heavy atom. The Bertz CT molecular complexity index is 481. The lowest BCUT2D eigenvalue weighted by molar-refractivity contribution is -0.140. The minimum absolute atomic E-state index is 0.0670. The highest BCUT2D eigenvalue weighted by atomic mass is 32.1. The van der Waals surface area contributed by atoms with E-state index in [1.54, 1.807) is 0 Å². The number of aryl methyl sites for hydroxylation is 1. The molecule has 1 aromatic rings. The average Bonchev–Trinajstić information content (AvgIpc) is 3.10. The molecule has 5 nitrogen and oxygen atoms in total. The van der Waals surface area contributed by atoms with Gasteiger partial charge in [0.05, 0.1) is 12.8 Å². The van der Waals surface area contributed by atoms with Gasteiger partial charge in [0.2, 0.25) is 5.91 Å². The number of esters is 1. The Labute approximate surface area is 129 Å². The average molecular weight is 310 g/mol. The summed E-state index contributed by atoms with van der Waals surface area (Å²) in [6.45, 7) is 0. The van der Waals surface area contributed by atoms with E-state index in [9.17, 15) is 9.59 Å². The van der Waals surface area contributed by atoms with Gasteiger partial charge in [0.25, 0.3) is 0 Å². The highest BCUT2D eigenvalue weighted by Gasteiger charge is 2.19. The molecule has 0 spiro atoms. The van der Waals surface area contributed by atoms with Crippen molar-refractivity contribution in [3.05, 3.63) is 11.1 Å². The summed E-state index contributed by atoms with van der Waals surface area (Å²) in [6.07, 6.45) is 7.29. The fraction of sp³-hybridized carbons (Fsp3) is 0.667. The molecule has 1 heterocycles. The van der Waals surface area contributed by atoms with Gasteiger partial charge >= 0.3 is 5.97 Å². The molecule has 1 amide bonds. The molecular formula is C15H22N2O3S. The van der Waals surface area contributed by atoms with Crippen molar-refractivity contribution in [3.63, 3.8) is 0 Å². The third-order valence-corrected chi connectivity index (χ3v) is 4.59. The molecule has 1 N–H and O–H groups in total. The van der Waals surface area contributed by atoms with Crippen molar-refractivity contribution in [2.45, 2.75) is 51.4 Å². The van der Waals surface area contributed by atoms with E-state index in [4.69, 9.17) is 0 Å². The third-order valence-electron chi connectivity index (χ3n) is 3.79. The third kappa shape index (κ3) is 5.46. The number of aromatic nitrogens is 1. The van der Waals surface area contributed by atoms with Crippen LogP contribution in [0.4, 0.5) is 5.13 Å². The summed E-state index contributed by atoms with van der Waals surface area (Å²) < 4.78 is 4.60. The van der Waals surface area contributed by atoms with Gasteiger partial charge in [-0.1, -0.05) is 12.8 Å². The second kappa shape index (κ2) is 8.12. The molecule has 0 unspecified atom stereocenters. The van der Waals surface area contributed by atoms with Crippen molar-refractivity contribution >= 4 is 28.3 Å². The number of hydrogen-bond acceptors (Lipinski definition) is 5. The first-order chi connectivity index (χ1) is 10.2. The number of methoxy groups -OCH3 is 1. The molecule has 0 saturated heterocycles. The number of amides is 1. The van der Waals surface area contributed by atoms with Crippen LogP contribution >= 0.6 is 11.3 Å². The van der Waals surface area contributed by atoms with E-state index < -0.39 is 0 Å². The van der Waals surface area contributed by atoms with Crippen LogP contribution in [-0.2, 0) is 20.7 Å². The highest BCUT2D eigenvalue weighted by molar-refractivity contribution is 7.13. The maximum Gasteiger partial charge on any atom is 0.305 e. The fourth-order valence-electron chi connectivity index (χ4n) is 2.64. The smallest absolute Gasteiger partial charge is 0.305 e. The van der Waals surface area contributed by atoms with Gasteiger partial charge in [0.15, 0.2) is 5.13 Å². The normalized spacial score (nSPS) is 15.1. The van der Waals surface area contributed by atoms with Crippen LogP contribution in [0.15, 0.2) is 5.38 Å². The number of rotatable bonds is 7. The second-order valence-electron chi connectivity index (χ2n) is 5.48. The summed E-state index contributed by atoms with van der Waals surface area (Å²) in [5, 5.41) is 5.47. The van der Waals surface area contributed by atoms with E-state index in [-0.39, 0.29) is 11.9 Å². The van der Waals surface area contributed by atoms with Crippen LogP contribution < -0.4 is 5.32 Å². The lowest BCUT2D eigenvalue weighted by atomic mass is 10.0. The number of carbonyl (C=O) groups is 2. The van der Waals surface area contributed by atoms with E-state index in [0.29, 0.717) is 30.3 Å². The molecule has 2 rings (SSSR count). The van der Waals surface area contributed by atoms with Crippen LogP contribution in [0.5, 0.6) is 0 Å². The topological polar surface area (TPSA) is 68.3 Å². The zero-order chi connectivity index (χ0) is 15.1. The van der Waals surface area contributed by atoms with E-state index >= 15 is 0 Å². The van der Waals surface area contributed by atoms with E-state index in [2.05, 4.69) is 15.0 Å². The minimum Gasteiger partial charge on any atom is -0.469 e. The molecule has 1 aliphatic rings. The lowest BCUT2D eigenvalue weighted by Gasteiger charge is -2.07. The van der Waals surface area contributed by atoms with Crippen molar-refractivity contribution in [2.75, 3.05) is 12.4 Å². The Morgan fingerprint density at radius 3 is 2.90 bits per heavy atom. The van der Waals surface area contributed by atoms with Gasteiger partial charge in [-0.15, -0.1) is 11.3 Å². The molecule has 0 atom stereocenters. The van der Waals surface area contributed by atoms with Gasteiger partial charge in [-0.3, -0.25) is 9.59 Å². The van der Waals surface area contributed by atoms with Gasteiger partial charge in [0.1, 0.15) is 0 Å². The van der Waals surface area contributed by atoms with Crippen LogP contribution in [0, 0.1) is 5.92 Å². The Kier molecular flexibility index (Phi) is 6.17. The minimum atomic E-state index is -0.199. The molecule has 0 bridgehead atoms. The Balaban J connectivity index is 1.71. The van der Waals surface area contributed by atoms with Crippen molar-refractivity contribution in [1.82, 2.24) is 4.98 Å². The molecule has 116 valence electrons. The zero-order valence-electron chi connectivity index (χ0n) is 12.4. The lowest BCUT2D eigenvalue weighted by Crippen LogP contribution is -2.15. The molecule has 1 fully saturated rings. The summed E-state index contributed by atoms with van der Waals surface area (Å²) in [5.41, 5.74) is 0.917. The molecule has 1 aromatic heterocycles. The van der Waals surface area contributed by atoms with Gasteiger partial charge in [-0.2, -0.15) is 0 Å². The number of carbonyl (C=O) groups excluding carboxylic acids is 2. The predicted molar refractivity (Wildman–Crippen MR) is 82.3 cm³/mol. The molecule has 1 saturated carbocycles. The fourth-order valence-corrected chi connectivity index (χ4v) is 3.40. The van der Waals surface area contributed by atoms with Crippen molar-refractivity contribution in [1.29, 1.82) is 0 Å². The van der Waals surface area contributed by atoms with Crippen LogP contribution in [0.1, 0.15) is 50.6 Å². The monoisotopic (exact) mass is 310 g/mol. The number of hydrogen-bond donors (Lipinski definition) is 1. The van der Waals surface area contributed by atoms with Gasteiger partial charge in [0, 0.05) is 18.2 Å². The maximum absolute atomic E-state index is 11.9. The predicted octanol–water partition coefficient (Wildman–Crippen LogP) is 3.16. The molecule has 0 radical (unpaired) electrons. The standard InChI is InChI=1S/C15H22N2O3S/c1-20-14(19)8-4-7-12-10-21-15(16-12)17-13(18)9-11-5-2-3-6-11/h10-11H,2-9H2,1H3,(H,16,17,18). The van der Waals surface area contributed by atoms with E-state index in [0.717, 1.165) is 12.1 Å². The molecule has 1 aliphatic carbocycles. The first-order valence-corrected chi connectivity index (χ1v) is 8.36. The van der Waals surface area contributed by atoms with Crippen molar-refractivity contribution in [3.8, 4) is 0 Å². The molecule has 21 heavy (non-hydrogen) atoms. The number of nitrogens with one attached hydrogen (secondary N) is 1. The SMILES string of the molecule is COC(=O)CCCc1csc(NC(=O)CC2CCCC2)n1. The number of anilines is 1. The Hall–Kier alpha value is -1.43. The van der Waals surface area contributed by atoms with E-state index in [1.807, 2.05) is 5.38 Å². The first kappa shape index (κ1) is 15.9. The quantitative estimate of drug-likeness (QED) is 0.786. The van der Waals surface area contributed by atoms with Crippen molar-refractivity contribution < 1.29 is 14.3 Å².